The van der Waals surface area contributed by atoms with Crippen LogP contribution in [-0.2, 0) is 6.42 Å². The molecule has 0 radical (unpaired) electrons. The van der Waals surface area contributed by atoms with Gasteiger partial charge >= 0.3 is 0 Å². The van der Waals surface area contributed by atoms with Gasteiger partial charge in [0.05, 0.1) is 7.11 Å². The monoisotopic (exact) mass is 165 g/mol. The number of methoxy groups -OCH3 is 1. The first-order valence-electron chi connectivity index (χ1n) is 4.28. The second kappa shape index (κ2) is 4.10. The normalized spacial score (nSPS) is 9.92. The fourth-order valence-corrected chi connectivity index (χ4v) is 1.20. The third-order valence-corrected chi connectivity index (χ3v) is 1.79. The molecule has 0 aliphatic carbocycles. The standard InChI is InChI=1S/C10H15NO/c1-4-5-9-7-6-8(2)11-10(9)12-3/h6-7H,4-5H2,1-3H3. The third-order valence-electron chi connectivity index (χ3n) is 1.79. The lowest BCUT2D eigenvalue weighted by atomic mass is 10.1. The fraction of sp³-hybridized carbons (Fsp3) is 0.500. The minimum Gasteiger partial charge on any atom is -0.481 e. The zero-order valence-corrected chi connectivity index (χ0v) is 7.92. The quantitative estimate of drug-likeness (QED) is 0.686. The number of rotatable bonds is 3. The molecule has 0 saturated heterocycles. The molecule has 0 bridgehead atoms. The maximum Gasteiger partial charge on any atom is 0.216 e. The van der Waals surface area contributed by atoms with Crippen molar-refractivity contribution in [1.29, 1.82) is 0 Å². The van der Waals surface area contributed by atoms with Crippen molar-refractivity contribution in [3.8, 4) is 5.88 Å². The van der Waals surface area contributed by atoms with E-state index in [1.807, 2.05) is 13.0 Å². The molecule has 0 spiro atoms. The number of aryl methyl sites for hydroxylation is 2. The summed E-state index contributed by atoms with van der Waals surface area (Å²) in [4.78, 5) is 4.29. The zero-order valence-electron chi connectivity index (χ0n) is 7.92. The summed E-state index contributed by atoms with van der Waals surface area (Å²) in [7, 11) is 1.67. The molecule has 66 valence electrons. The summed E-state index contributed by atoms with van der Waals surface area (Å²) in [5, 5.41) is 0. The molecular formula is C10H15NO. The Morgan fingerprint density at radius 3 is 2.75 bits per heavy atom. The van der Waals surface area contributed by atoms with Gasteiger partial charge in [0.1, 0.15) is 0 Å². The maximum atomic E-state index is 5.17. The summed E-state index contributed by atoms with van der Waals surface area (Å²) in [6.07, 6.45) is 2.16. The second-order valence-corrected chi connectivity index (χ2v) is 2.87. The lowest BCUT2D eigenvalue weighted by Crippen LogP contribution is -1.96. The van der Waals surface area contributed by atoms with Crippen LogP contribution in [0.1, 0.15) is 24.6 Å². The van der Waals surface area contributed by atoms with Crippen LogP contribution in [0.2, 0.25) is 0 Å². The molecule has 1 aromatic heterocycles. The van der Waals surface area contributed by atoms with E-state index in [1.54, 1.807) is 7.11 Å². The highest BCUT2D eigenvalue weighted by molar-refractivity contribution is 5.27. The molecule has 0 aliphatic heterocycles. The van der Waals surface area contributed by atoms with E-state index in [-0.39, 0.29) is 0 Å². The molecule has 0 amide bonds. The van der Waals surface area contributed by atoms with Gasteiger partial charge in [0, 0.05) is 11.3 Å². The van der Waals surface area contributed by atoms with Crippen molar-refractivity contribution >= 4 is 0 Å². The maximum absolute atomic E-state index is 5.17. The van der Waals surface area contributed by atoms with Gasteiger partial charge in [0.2, 0.25) is 5.88 Å². The van der Waals surface area contributed by atoms with E-state index in [9.17, 15) is 0 Å². The van der Waals surface area contributed by atoms with Crippen LogP contribution < -0.4 is 4.74 Å². The van der Waals surface area contributed by atoms with Crippen molar-refractivity contribution in [3.63, 3.8) is 0 Å². The molecule has 0 fully saturated rings. The molecule has 0 N–H and O–H groups in total. The molecule has 1 rings (SSSR count). The van der Waals surface area contributed by atoms with Gasteiger partial charge in [-0.15, -0.1) is 0 Å². The van der Waals surface area contributed by atoms with E-state index >= 15 is 0 Å². The Labute approximate surface area is 73.6 Å². The molecule has 12 heavy (non-hydrogen) atoms. The van der Waals surface area contributed by atoms with E-state index in [0.717, 1.165) is 24.4 Å². The highest BCUT2D eigenvalue weighted by Crippen LogP contribution is 2.16. The molecular weight excluding hydrogens is 150 g/mol. The Kier molecular flexibility index (Phi) is 3.09. The van der Waals surface area contributed by atoms with Gasteiger partial charge in [-0.3, -0.25) is 0 Å². The van der Waals surface area contributed by atoms with Gasteiger partial charge < -0.3 is 4.74 Å². The van der Waals surface area contributed by atoms with Crippen LogP contribution in [0.5, 0.6) is 5.88 Å². The van der Waals surface area contributed by atoms with Gasteiger partial charge in [-0.2, -0.15) is 0 Å². The first-order valence-corrected chi connectivity index (χ1v) is 4.28. The average molecular weight is 165 g/mol. The Bertz CT molecular complexity index is 258. The smallest absolute Gasteiger partial charge is 0.216 e. The van der Waals surface area contributed by atoms with Crippen LogP contribution in [0, 0.1) is 6.92 Å². The highest BCUT2D eigenvalue weighted by Gasteiger charge is 2.02. The van der Waals surface area contributed by atoms with Gasteiger partial charge in [-0.05, 0) is 19.4 Å². The van der Waals surface area contributed by atoms with Gasteiger partial charge in [-0.25, -0.2) is 4.98 Å². The van der Waals surface area contributed by atoms with Crippen LogP contribution >= 0.6 is 0 Å². The number of hydrogen-bond acceptors (Lipinski definition) is 2. The van der Waals surface area contributed by atoms with Crippen molar-refractivity contribution in [2.75, 3.05) is 7.11 Å². The van der Waals surface area contributed by atoms with Gasteiger partial charge in [-0.1, -0.05) is 19.4 Å². The van der Waals surface area contributed by atoms with E-state index in [0.29, 0.717) is 0 Å². The molecule has 0 unspecified atom stereocenters. The van der Waals surface area contributed by atoms with E-state index < -0.39 is 0 Å². The second-order valence-electron chi connectivity index (χ2n) is 2.87. The summed E-state index contributed by atoms with van der Waals surface area (Å²) >= 11 is 0. The van der Waals surface area contributed by atoms with Crippen LogP contribution in [0.4, 0.5) is 0 Å². The third kappa shape index (κ3) is 1.97. The molecule has 2 heteroatoms. The first kappa shape index (κ1) is 9.04. The SMILES string of the molecule is CCCc1ccc(C)nc1OC. The van der Waals surface area contributed by atoms with Crippen LogP contribution in [-0.4, -0.2) is 12.1 Å². The zero-order chi connectivity index (χ0) is 8.97. The highest BCUT2D eigenvalue weighted by atomic mass is 16.5. The largest absolute Gasteiger partial charge is 0.481 e. The lowest BCUT2D eigenvalue weighted by molar-refractivity contribution is 0.391. The van der Waals surface area contributed by atoms with Crippen LogP contribution in [0.3, 0.4) is 0 Å². The van der Waals surface area contributed by atoms with Crippen molar-refractivity contribution in [2.24, 2.45) is 0 Å². The van der Waals surface area contributed by atoms with Crippen molar-refractivity contribution in [3.05, 3.63) is 23.4 Å². The topological polar surface area (TPSA) is 22.1 Å². The van der Waals surface area contributed by atoms with Crippen LogP contribution in [0.15, 0.2) is 12.1 Å². The number of hydrogen-bond donors (Lipinski definition) is 0. The summed E-state index contributed by atoms with van der Waals surface area (Å²) in [5.74, 6) is 0.775. The Balaban J connectivity index is 2.94. The van der Waals surface area contributed by atoms with Crippen molar-refractivity contribution < 1.29 is 4.74 Å². The van der Waals surface area contributed by atoms with E-state index in [1.165, 1.54) is 5.56 Å². The lowest BCUT2D eigenvalue weighted by Gasteiger charge is -2.06. The molecule has 0 aliphatic rings. The summed E-state index contributed by atoms with van der Waals surface area (Å²) in [6, 6.07) is 4.11. The first-order chi connectivity index (χ1) is 5.77. The number of pyridine rings is 1. The summed E-state index contributed by atoms with van der Waals surface area (Å²) in [6.45, 7) is 4.12. The Morgan fingerprint density at radius 2 is 2.17 bits per heavy atom. The fourth-order valence-electron chi connectivity index (χ4n) is 1.20. The van der Waals surface area contributed by atoms with Gasteiger partial charge in [0.15, 0.2) is 0 Å². The molecule has 1 aromatic rings. The predicted octanol–water partition coefficient (Wildman–Crippen LogP) is 2.35. The number of ether oxygens (including phenoxy) is 1. The molecule has 0 aromatic carbocycles. The van der Waals surface area contributed by atoms with Gasteiger partial charge in [0.25, 0.3) is 0 Å². The summed E-state index contributed by atoms with van der Waals surface area (Å²) < 4.78 is 5.17. The molecule has 0 atom stereocenters. The summed E-state index contributed by atoms with van der Waals surface area (Å²) in [5.41, 5.74) is 2.21. The van der Waals surface area contributed by atoms with E-state index in [4.69, 9.17) is 4.74 Å². The van der Waals surface area contributed by atoms with Crippen LogP contribution in [0.25, 0.3) is 0 Å². The number of aromatic nitrogens is 1. The minimum atomic E-state index is 0.775. The number of nitrogens with zero attached hydrogens (tertiary/aromatic N) is 1. The predicted molar refractivity (Wildman–Crippen MR) is 49.5 cm³/mol. The Morgan fingerprint density at radius 1 is 1.42 bits per heavy atom. The molecule has 2 nitrogen and oxygen atoms in total. The molecule has 1 heterocycles. The average Bonchev–Trinajstić information content (AvgIpc) is 2.08. The van der Waals surface area contributed by atoms with E-state index in [2.05, 4.69) is 18.0 Å². The van der Waals surface area contributed by atoms with Crippen molar-refractivity contribution in [2.45, 2.75) is 26.7 Å². The molecule has 0 saturated carbocycles. The Hall–Kier alpha value is -1.05. The van der Waals surface area contributed by atoms with Crippen molar-refractivity contribution in [1.82, 2.24) is 4.98 Å². The minimum absolute atomic E-state index is 0.775.